The highest BCUT2D eigenvalue weighted by atomic mass is 28.4. The van der Waals surface area contributed by atoms with Gasteiger partial charge in [0.2, 0.25) is 0 Å². The van der Waals surface area contributed by atoms with Crippen LogP contribution in [0.15, 0.2) is 0 Å². The van der Waals surface area contributed by atoms with Crippen LogP contribution < -0.4 is 0 Å². The molecule has 2 aliphatic rings. The summed E-state index contributed by atoms with van der Waals surface area (Å²) >= 11 is 0. The summed E-state index contributed by atoms with van der Waals surface area (Å²) in [4.78, 5) is 0. The summed E-state index contributed by atoms with van der Waals surface area (Å²) in [6, 6.07) is 1.02. The molecule has 0 amide bonds. The van der Waals surface area contributed by atoms with Gasteiger partial charge >= 0.3 is 8.80 Å². The molecule has 0 radical (unpaired) electrons. The van der Waals surface area contributed by atoms with Crippen molar-refractivity contribution in [1.82, 2.24) is 0 Å². The third-order valence-electron chi connectivity index (χ3n) is 3.38. The van der Waals surface area contributed by atoms with Gasteiger partial charge in [0.1, 0.15) is 0 Å². The van der Waals surface area contributed by atoms with Gasteiger partial charge in [0, 0.05) is 12.7 Å². The first-order valence-electron chi connectivity index (χ1n) is 6.76. The van der Waals surface area contributed by atoms with Gasteiger partial charge in [0.25, 0.3) is 0 Å². The summed E-state index contributed by atoms with van der Waals surface area (Å²) in [5.41, 5.74) is 0. The molecule has 2 rings (SSSR count). The maximum Gasteiger partial charge on any atom is 0.501 e. The van der Waals surface area contributed by atoms with E-state index in [1.54, 1.807) is 0 Å². The van der Waals surface area contributed by atoms with Crippen molar-refractivity contribution in [2.24, 2.45) is 5.92 Å². The Hall–Kier alpha value is 0.0969. The van der Waals surface area contributed by atoms with Crippen LogP contribution in [-0.4, -0.2) is 28.6 Å². The second-order valence-corrected chi connectivity index (χ2v) is 7.59. The Morgan fingerprint density at radius 3 is 2.50 bits per heavy atom. The van der Waals surface area contributed by atoms with Crippen LogP contribution in [0.5, 0.6) is 0 Å². The Balaban J connectivity index is 1.57. The summed E-state index contributed by atoms with van der Waals surface area (Å²) in [7, 11) is -2.19. The average Bonchev–Trinajstić information content (AvgIpc) is 2.99. The quantitative estimate of drug-likeness (QED) is 0.485. The van der Waals surface area contributed by atoms with Crippen LogP contribution in [-0.2, 0) is 13.3 Å². The molecule has 16 heavy (non-hydrogen) atoms. The van der Waals surface area contributed by atoms with Crippen LogP contribution in [0.3, 0.4) is 0 Å². The fourth-order valence-corrected chi connectivity index (χ4v) is 4.91. The third kappa shape index (κ3) is 3.84. The molecule has 0 aromatic heterocycles. The van der Waals surface area contributed by atoms with E-state index in [1.807, 2.05) is 6.92 Å². The molecule has 2 fully saturated rings. The SMILES string of the molecule is CCO[Si]1(CCCCCC2CC2)OCCO1. The molecule has 0 unspecified atom stereocenters. The van der Waals surface area contributed by atoms with Crippen LogP contribution in [0.1, 0.15) is 45.4 Å². The van der Waals surface area contributed by atoms with E-state index in [0.29, 0.717) is 6.61 Å². The molecule has 0 atom stereocenters. The summed E-state index contributed by atoms with van der Waals surface area (Å²) in [6.45, 7) is 4.20. The van der Waals surface area contributed by atoms with E-state index < -0.39 is 8.80 Å². The predicted molar refractivity (Wildman–Crippen MR) is 65.3 cm³/mol. The van der Waals surface area contributed by atoms with E-state index >= 15 is 0 Å². The molecule has 94 valence electrons. The molecule has 4 heteroatoms. The largest absolute Gasteiger partial charge is 0.501 e. The van der Waals surface area contributed by atoms with Gasteiger partial charge < -0.3 is 13.3 Å². The maximum absolute atomic E-state index is 5.72. The highest BCUT2D eigenvalue weighted by Crippen LogP contribution is 2.34. The van der Waals surface area contributed by atoms with Gasteiger partial charge in [0.15, 0.2) is 0 Å². The molecule has 3 nitrogen and oxygen atoms in total. The van der Waals surface area contributed by atoms with Crippen LogP contribution in [0.4, 0.5) is 0 Å². The average molecular weight is 244 g/mol. The summed E-state index contributed by atoms with van der Waals surface area (Å²) < 4.78 is 17.2. The number of hydrogen-bond donors (Lipinski definition) is 0. The highest BCUT2D eigenvalue weighted by Gasteiger charge is 2.43. The first-order chi connectivity index (χ1) is 7.85. The molecule has 1 heterocycles. The minimum absolute atomic E-state index is 0.717. The molecule has 1 aliphatic carbocycles. The fraction of sp³-hybridized carbons (Fsp3) is 1.00. The normalized spacial score (nSPS) is 23.8. The molecule has 1 saturated carbocycles. The van der Waals surface area contributed by atoms with Crippen molar-refractivity contribution in [3.8, 4) is 0 Å². The van der Waals surface area contributed by atoms with Gasteiger partial charge in [0.05, 0.1) is 13.2 Å². The Morgan fingerprint density at radius 2 is 1.88 bits per heavy atom. The van der Waals surface area contributed by atoms with E-state index in [4.69, 9.17) is 13.3 Å². The number of hydrogen-bond acceptors (Lipinski definition) is 3. The van der Waals surface area contributed by atoms with Gasteiger partial charge in [-0.1, -0.05) is 32.1 Å². The molecule has 0 aromatic rings. The lowest BCUT2D eigenvalue weighted by Gasteiger charge is -2.21. The zero-order valence-corrected chi connectivity index (χ0v) is 11.4. The highest BCUT2D eigenvalue weighted by molar-refractivity contribution is 6.61. The van der Waals surface area contributed by atoms with Crippen LogP contribution in [0.2, 0.25) is 6.04 Å². The smallest absolute Gasteiger partial charge is 0.374 e. The molecule has 0 N–H and O–H groups in total. The lowest BCUT2D eigenvalue weighted by Crippen LogP contribution is -2.40. The predicted octanol–water partition coefficient (Wildman–Crippen LogP) is 2.98. The summed E-state index contributed by atoms with van der Waals surface area (Å²) in [6.07, 6.45) is 8.28. The zero-order chi connectivity index (χ0) is 11.3. The van der Waals surface area contributed by atoms with Crippen molar-refractivity contribution in [3.05, 3.63) is 0 Å². The minimum atomic E-state index is -2.19. The van der Waals surface area contributed by atoms with E-state index in [2.05, 4.69) is 0 Å². The lowest BCUT2D eigenvalue weighted by atomic mass is 10.1. The minimum Gasteiger partial charge on any atom is -0.374 e. The fourth-order valence-electron chi connectivity index (χ4n) is 2.31. The molecular formula is C12H24O3Si. The molecule has 0 spiro atoms. The Bertz CT molecular complexity index is 200. The van der Waals surface area contributed by atoms with Crippen molar-refractivity contribution in [3.63, 3.8) is 0 Å². The van der Waals surface area contributed by atoms with Crippen LogP contribution >= 0.6 is 0 Å². The van der Waals surface area contributed by atoms with Crippen LogP contribution in [0, 0.1) is 5.92 Å². The van der Waals surface area contributed by atoms with Crippen molar-refractivity contribution in [2.75, 3.05) is 19.8 Å². The second kappa shape index (κ2) is 6.14. The standard InChI is InChI=1S/C12H24O3Si/c1-2-13-16(14-9-10-15-16)11-5-3-4-6-12-7-8-12/h12H,2-11H2,1H3. The first kappa shape index (κ1) is 12.6. The Kier molecular flexibility index (Phi) is 4.82. The molecule has 0 aromatic carbocycles. The van der Waals surface area contributed by atoms with Gasteiger partial charge in [-0.25, -0.2) is 0 Å². The van der Waals surface area contributed by atoms with E-state index in [9.17, 15) is 0 Å². The summed E-state index contributed by atoms with van der Waals surface area (Å²) in [5.74, 6) is 1.07. The van der Waals surface area contributed by atoms with E-state index in [1.165, 1.54) is 38.5 Å². The van der Waals surface area contributed by atoms with Crippen molar-refractivity contribution < 1.29 is 13.3 Å². The van der Waals surface area contributed by atoms with E-state index in [-0.39, 0.29) is 0 Å². The first-order valence-corrected chi connectivity index (χ1v) is 8.70. The topological polar surface area (TPSA) is 27.7 Å². The molecule has 0 bridgehead atoms. The van der Waals surface area contributed by atoms with Crippen molar-refractivity contribution >= 4 is 8.80 Å². The molecule has 1 saturated heterocycles. The maximum atomic E-state index is 5.72. The zero-order valence-electron chi connectivity index (χ0n) is 10.4. The van der Waals surface area contributed by atoms with Crippen LogP contribution in [0.25, 0.3) is 0 Å². The van der Waals surface area contributed by atoms with E-state index in [0.717, 1.165) is 25.2 Å². The molecular weight excluding hydrogens is 220 g/mol. The second-order valence-electron chi connectivity index (χ2n) is 4.86. The Morgan fingerprint density at radius 1 is 1.12 bits per heavy atom. The van der Waals surface area contributed by atoms with Gasteiger partial charge in [-0.15, -0.1) is 0 Å². The molecule has 1 aliphatic heterocycles. The summed E-state index contributed by atoms with van der Waals surface area (Å²) in [5, 5.41) is 0. The van der Waals surface area contributed by atoms with Crippen molar-refractivity contribution in [2.45, 2.75) is 51.5 Å². The van der Waals surface area contributed by atoms with Gasteiger partial charge in [-0.2, -0.15) is 0 Å². The van der Waals surface area contributed by atoms with Gasteiger partial charge in [-0.3, -0.25) is 0 Å². The monoisotopic (exact) mass is 244 g/mol. The number of rotatable bonds is 8. The Labute approximate surface area is 99.8 Å². The van der Waals surface area contributed by atoms with Crippen molar-refractivity contribution in [1.29, 1.82) is 0 Å². The van der Waals surface area contributed by atoms with Gasteiger partial charge in [-0.05, 0) is 19.3 Å². The number of unbranched alkanes of at least 4 members (excludes halogenated alkanes) is 2. The third-order valence-corrected chi connectivity index (χ3v) is 6.37. The lowest BCUT2D eigenvalue weighted by molar-refractivity contribution is 0.148.